The van der Waals surface area contributed by atoms with Crippen LogP contribution in [0.2, 0.25) is 0 Å². The third-order valence-electron chi connectivity index (χ3n) is 3.75. The average Bonchev–Trinajstić information content (AvgIpc) is 3.01. The number of fused-ring (bicyclic) bond motifs is 1. The second-order valence-corrected chi connectivity index (χ2v) is 7.62. The monoisotopic (exact) mass is 307 g/mol. The molecule has 1 amide bonds. The molecule has 0 radical (unpaired) electrons. The van der Waals surface area contributed by atoms with Gasteiger partial charge in [0.2, 0.25) is 5.91 Å². The Morgan fingerprint density at radius 3 is 2.86 bits per heavy atom. The van der Waals surface area contributed by atoms with Crippen LogP contribution >= 0.6 is 0 Å². The number of carbonyl (C=O) groups is 1. The number of furan rings is 1. The number of rotatable bonds is 4. The van der Waals surface area contributed by atoms with E-state index in [9.17, 15) is 13.2 Å². The summed E-state index contributed by atoms with van der Waals surface area (Å²) >= 11 is 0. The lowest BCUT2D eigenvalue weighted by molar-refractivity contribution is -0.124. The number of benzene rings is 1. The molecule has 112 valence electrons. The Balaban J connectivity index is 1.53. The van der Waals surface area contributed by atoms with Crippen LogP contribution in [0.4, 0.5) is 0 Å². The van der Waals surface area contributed by atoms with E-state index in [1.165, 1.54) is 0 Å². The van der Waals surface area contributed by atoms with Gasteiger partial charge in [-0.05, 0) is 18.6 Å². The lowest BCUT2D eigenvalue weighted by atomic mass is 10.1. The smallest absolute Gasteiger partial charge is 0.224 e. The average molecular weight is 307 g/mol. The van der Waals surface area contributed by atoms with Gasteiger partial charge in [0.1, 0.15) is 11.3 Å². The highest BCUT2D eigenvalue weighted by Crippen LogP contribution is 2.20. The molecule has 2 aromatic rings. The van der Waals surface area contributed by atoms with Crippen LogP contribution < -0.4 is 5.32 Å². The zero-order valence-corrected chi connectivity index (χ0v) is 12.4. The molecule has 1 aliphatic heterocycles. The molecule has 2 heterocycles. The first-order valence-electron chi connectivity index (χ1n) is 6.99. The summed E-state index contributed by atoms with van der Waals surface area (Å²) in [5, 5.41) is 3.83. The highest BCUT2D eigenvalue weighted by atomic mass is 32.2. The number of hydrogen-bond acceptors (Lipinski definition) is 4. The van der Waals surface area contributed by atoms with Crippen molar-refractivity contribution in [2.75, 3.05) is 18.1 Å². The number of amides is 1. The molecule has 6 heteroatoms. The molecule has 1 aromatic heterocycles. The van der Waals surface area contributed by atoms with Crippen molar-refractivity contribution >= 4 is 26.7 Å². The molecule has 1 unspecified atom stereocenters. The summed E-state index contributed by atoms with van der Waals surface area (Å²) in [6.45, 7) is 0.454. The maximum absolute atomic E-state index is 11.9. The van der Waals surface area contributed by atoms with Crippen molar-refractivity contribution in [2.45, 2.75) is 12.8 Å². The van der Waals surface area contributed by atoms with E-state index in [1.807, 2.05) is 30.3 Å². The normalized spacial score (nSPS) is 20.7. The first kappa shape index (κ1) is 14.1. The summed E-state index contributed by atoms with van der Waals surface area (Å²) < 4.78 is 28.4. The van der Waals surface area contributed by atoms with E-state index in [-0.39, 0.29) is 17.4 Å². The highest BCUT2D eigenvalue weighted by Gasteiger charge is 2.32. The fraction of sp³-hybridized carbons (Fsp3) is 0.400. The van der Waals surface area contributed by atoms with Crippen LogP contribution in [0.15, 0.2) is 34.7 Å². The van der Waals surface area contributed by atoms with Crippen LogP contribution in [0.1, 0.15) is 12.2 Å². The van der Waals surface area contributed by atoms with Gasteiger partial charge < -0.3 is 9.73 Å². The van der Waals surface area contributed by atoms with Gasteiger partial charge in [-0.3, -0.25) is 4.79 Å². The van der Waals surface area contributed by atoms with E-state index in [2.05, 4.69) is 5.32 Å². The van der Waals surface area contributed by atoms with Crippen molar-refractivity contribution < 1.29 is 17.6 Å². The quantitative estimate of drug-likeness (QED) is 0.929. The van der Waals surface area contributed by atoms with Crippen molar-refractivity contribution in [3.05, 3.63) is 36.1 Å². The summed E-state index contributed by atoms with van der Waals surface area (Å²) in [7, 11) is -3.01. The SMILES string of the molecule is O=C(NCCc1cc2ccccc2o1)C1CCS(=O)(=O)C1. The Hall–Kier alpha value is -1.82. The molecule has 0 saturated carbocycles. The second kappa shape index (κ2) is 5.52. The summed E-state index contributed by atoms with van der Waals surface area (Å²) in [5.74, 6) is 0.339. The molecule has 21 heavy (non-hydrogen) atoms. The van der Waals surface area contributed by atoms with Gasteiger partial charge in [-0.2, -0.15) is 0 Å². The van der Waals surface area contributed by atoms with E-state index in [0.29, 0.717) is 19.4 Å². The Bertz CT molecular complexity index is 730. The largest absolute Gasteiger partial charge is 0.461 e. The minimum atomic E-state index is -3.01. The lowest BCUT2D eigenvalue weighted by Crippen LogP contribution is -2.32. The van der Waals surface area contributed by atoms with Crippen LogP contribution in [0.5, 0.6) is 0 Å². The molecule has 1 N–H and O–H groups in total. The van der Waals surface area contributed by atoms with Gasteiger partial charge in [0.05, 0.1) is 17.4 Å². The first-order chi connectivity index (χ1) is 10.0. The standard InChI is InChI=1S/C15H17NO4S/c17-15(12-6-8-21(18,19)10-12)16-7-5-13-9-11-3-1-2-4-14(11)20-13/h1-4,9,12H,5-8,10H2,(H,16,17). The molecule has 1 atom stereocenters. The van der Waals surface area contributed by atoms with Gasteiger partial charge in [-0.1, -0.05) is 18.2 Å². The molecule has 1 aliphatic rings. The molecule has 1 saturated heterocycles. The Labute approximate surface area is 123 Å². The fourth-order valence-electron chi connectivity index (χ4n) is 2.62. The number of para-hydroxylation sites is 1. The molecule has 3 rings (SSSR count). The molecule has 5 nitrogen and oxygen atoms in total. The van der Waals surface area contributed by atoms with Crippen molar-refractivity contribution in [2.24, 2.45) is 5.92 Å². The lowest BCUT2D eigenvalue weighted by Gasteiger charge is -2.08. The fourth-order valence-corrected chi connectivity index (χ4v) is 4.36. The summed E-state index contributed by atoms with van der Waals surface area (Å²) in [6.07, 6.45) is 1.03. The van der Waals surface area contributed by atoms with Crippen LogP contribution in [0, 0.1) is 5.92 Å². The predicted octanol–water partition coefficient (Wildman–Crippen LogP) is 1.53. The van der Waals surface area contributed by atoms with E-state index >= 15 is 0 Å². The maximum atomic E-state index is 11.9. The minimum absolute atomic E-state index is 0.0243. The Kier molecular flexibility index (Phi) is 3.71. The number of nitrogens with one attached hydrogen (secondary N) is 1. The van der Waals surface area contributed by atoms with Gasteiger partial charge >= 0.3 is 0 Å². The highest BCUT2D eigenvalue weighted by molar-refractivity contribution is 7.91. The summed E-state index contributed by atoms with van der Waals surface area (Å²) in [6, 6.07) is 9.70. The maximum Gasteiger partial charge on any atom is 0.224 e. The van der Waals surface area contributed by atoms with E-state index in [4.69, 9.17) is 4.42 Å². The van der Waals surface area contributed by atoms with E-state index < -0.39 is 15.8 Å². The molecule has 0 spiro atoms. The van der Waals surface area contributed by atoms with Crippen LogP contribution in [-0.2, 0) is 21.1 Å². The molecular formula is C15H17NO4S. The third kappa shape index (κ3) is 3.26. The van der Waals surface area contributed by atoms with Gasteiger partial charge in [-0.15, -0.1) is 0 Å². The minimum Gasteiger partial charge on any atom is -0.461 e. The summed E-state index contributed by atoms with van der Waals surface area (Å²) in [5.41, 5.74) is 0.834. The second-order valence-electron chi connectivity index (χ2n) is 5.39. The number of carbonyl (C=O) groups excluding carboxylic acids is 1. The first-order valence-corrected chi connectivity index (χ1v) is 8.81. The van der Waals surface area contributed by atoms with Crippen molar-refractivity contribution in [3.8, 4) is 0 Å². The van der Waals surface area contributed by atoms with Crippen LogP contribution in [-0.4, -0.2) is 32.4 Å². The van der Waals surface area contributed by atoms with Gasteiger partial charge in [0.15, 0.2) is 9.84 Å². The van der Waals surface area contributed by atoms with Crippen molar-refractivity contribution in [3.63, 3.8) is 0 Å². The van der Waals surface area contributed by atoms with Crippen molar-refractivity contribution in [1.29, 1.82) is 0 Å². The molecule has 0 aliphatic carbocycles. The van der Waals surface area contributed by atoms with Gasteiger partial charge in [-0.25, -0.2) is 8.42 Å². The Morgan fingerprint density at radius 1 is 1.33 bits per heavy atom. The zero-order valence-electron chi connectivity index (χ0n) is 11.5. The molecular weight excluding hydrogens is 290 g/mol. The molecule has 0 bridgehead atoms. The molecule has 1 fully saturated rings. The number of hydrogen-bond donors (Lipinski definition) is 1. The van der Waals surface area contributed by atoms with E-state index in [0.717, 1.165) is 16.7 Å². The van der Waals surface area contributed by atoms with Gasteiger partial charge in [0.25, 0.3) is 0 Å². The Morgan fingerprint density at radius 2 is 2.14 bits per heavy atom. The topological polar surface area (TPSA) is 76.4 Å². The predicted molar refractivity (Wildman–Crippen MR) is 79.7 cm³/mol. The number of sulfone groups is 1. The van der Waals surface area contributed by atoms with E-state index in [1.54, 1.807) is 0 Å². The zero-order chi connectivity index (χ0) is 14.9. The van der Waals surface area contributed by atoms with Crippen LogP contribution in [0.25, 0.3) is 11.0 Å². The van der Waals surface area contributed by atoms with Gasteiger partial charge in [0, 0.05) is 18.4 Å². The molecule has 1 aromatic carbocycles. The van der Waals surface area contributed by atoms with Crippen LogP contribution in [0.3, 0.4) is 0 Å². The third-order valence-corrected chi connectivity index (χ3v) is 5.52. The van der Waals surface area contributed by atoms with Crippen molar-refractivity contribution in [1.82, 2.24) is 5.32 Å². The summed E-state index contributed by atoms with van der Waals surface area (Å²) in [4.78, 5) is 11.9.